The number of aromatic amines is 1. The van der Waals surface area contributed by atoms with Crippen LogP contribution in [0.2, 0.25) is 0 Å². The van der Waals surface area contributed by atoms with Crippen molar-refractivity contribution in [3.05, 3.63) is 64.8 Å². The minimum Gasteiger partial charge on any atom is -0.398 e. The lowest BCUT2D eigenvalue weighted by Crippen LogP contribution is -2.02. The molecule has 0 aliphatic carbocycles. The van der Waals surface area contributed by atoms with Gasteiger partial charge in [0.05, 0.1) is 0 Å². The average molecular weight is 264 g/mol. The summed E-state index contributed by atoms with van der Waals surface area (Å²) in [5.41, 5.74) is 11.0. The maximum absolute atomic E-state index is 12.6. The van der Waals surface area contributed by atoms with Gasteiger partial charge in [-0.2, -0.15) is 0 Å². The third-order valence-corrected chi connectivity index (χ3v) is 3.62. The minimum atomic E-state index is -0.00759. The first-order valence-corrected chi connectivity index (χ1v) is 6.55. The van der Waals surface area contributed by atoms with Gasteiger partial charge < -0.3 is 10.7 Å². The van der Waals surface area contributed by atoms with Gasteiger partial charge in [-0.1, -0.05) is 24.3 Å². The van der Waals surface area contributed by atoms with Crippen molar-refractivity contribution in [1.82, 2.24) is 4.98 Å². The number of carbonyl (C=O) groups is 1. The minimum absolute atomic E-state index is 0.00759. The Balaban J connectivity index is 2.10. The molecule has 0 bridgehead atoms. The molecule has 1 aromatic heterocycles. The fourth-order valence-electron chi connectivity index (χ4n) is 2.37. The van der Waals surface area contributed by atoms with E-state index in [9.17, 15) is 4.79 Å². The molecule has 3 rings (SSSR count). The van der Waals surface area contributed by atoms with Crippen LogP contribution in [0, 0.1) is 13.8 Å². The summed E-state index contributed by atoms with van der Waals surface area (Å²) in [5, 5.41) is 0.944. The first-order chi connectivity index (χ1) is 9.56. The molecule has 0 fully saturated rings. The van der Waals surface area contributed by atoms with Gasteiger partial charge in [0.2, 0.25) is 0 Å². The summed E-state index contributed by atoms with van der Waals surface area (Å²) in [7, 11) is 0. The van der Waals surface area contributed by atoms with Gasteiger partial charge in [-0.3, -0.25) is 4.79 Å². The second kappa shape index (κ2) is 4.53. The Hall–Kier alpha value is -2.55. The average Bonchev–Trinajstić information content (AvgIpc) is 2.84. The zero-order valence-electron chi connectivity index (χ0n) is 11.5. The van der Waals surface area contributed by atoms with Crippen LogP contribution in [-0.2, 0) is 0 Å². The summed E-state index contributed by atoms with van der Waals surface area (Å²) >= 11 is 0. The number of nitrogens with one attached hydrogen (secondary N) is 1. The molecule has 0 atom stereocenters. The number of ketones is 1. The topological polar surface area (TPSA) is 58.9 Å². The van der Waals surface area contributed by atoms with Crippen LogP contribution in [0.25, 0.3) is 10.9 Å². The molecule has 0 aliphatic heterocycles. The first kappa shape index (κ1) is 12.5. The third kappa shape index (κ3) is 1.97. The molecule has 3 nitrogen and oxygen atoms in total. The molecule has 0 spiro atoms. The van der Waals surface area contributed by atoms with E-state index in [1.807, 2.05) is 44.2 Å². The smallest absolute Gasteiger partial charge is 0.195 e. The Labute approximate surface area is 117 Å². The lowest BCUT2D eigenvalue weighted by molar-refractivity contribution is 0.104. The Bertz CT molecular complexity index is 815. The SMILES string of the molecule is Cc1ccc2c(C(=O)c3ccc(C)c(N)c3)c[nH]c2c1. The molecule has 0 radical (unpaired) electrons. The highest BCUT2D eigenvalue weighted by Crippen LogP contribution is 2.23. The van der Waals surface area contributed by atoms with Gasteiger partial charge in [0.15, 0.2) is 5.78 Å². The molecule has 0 aliphatic rings. The zero-order chi connectivity index (χ0) is 14.3. The number of nitrogens with two attached hydrogens (primary N) is 1. The molecule has 2 aromatic carbocycles. The number of hydrogen-bond acceptors (Lipinski definition) is 2. The summed E-state index contributed by atoms with van der Waals surface area (Å²) in [6.45, 7) is 3.96. The van der Waals surface area contributed by atoms with E-state index in [1.54, 1.807) is 12.3 Å². The van der Waals surface area contributed by atoms with Gasteiger partial charge >= 0.3 is 0 Å². The molecular formula is C17H16N2O. The number of aromatic nitrogens is 1. The maximum atomic E-state index is 12.6. The summed E-state index contributed by atoms with van der Waals surface area (Å²) < 4.78 is 0. The van der Waals surface area contributed by atoms with Crippen LogP contribution in [0.15, 0.2) is 42.6 Å². The van der Waals surface area contributed by atoms with Gasteiger partial charge in [0, 0.05) is 33.9 Å². The Morgan fingerprint density at radius 2 is 1.90 bits per heavy atom. The van der Waals surface area contributed by atoms with Crippen LogP contribution >= 0.6 is 0 Å². The predicted octanol–water partition coefficient (Wildman–Crippen LogP) is 3.60. The van der Waals surface area contributed by atoms with Crippen molar-refractivity contribution in [1.29, 1.82) is 0 Å². The van der Waals surface area contributed by atoms with E-state index in [1.165, 1.54) is 0 Å². The van der Waals surface area contributed by atoms with Crippen LogP contribution in [-0.4, -0.2) is 10.8 Å². The van der Waals surface area contributed by atoms with Crippen molar-refractivity contribution in [2.75, 3.05) is 5.73 Å². The lowest BCUT2D eigenvalue weighted by Gasteiger charge is -2.04. The number of carbonyl (C=O) groups excluding carboxylic acids is 1. The molecule has 0 saturated carbocycles. The fourth-order valence-corrected chi connectivity index (χ4v) is 2.37. The highest BCUT2D eigenvalue weighted by atomic mass is 16.1. The van der Waals surface area contributed by atoms with E-state index in [0.29, 0.717) is 16.8 Å². The van der Waals surface area contributed by atoms with Crippen molar-refractivity contribution in [2.24, 2.45) is 0 Å². The van der Waals surface area contributed by atoms with Crippen LogP contribution in [0.3, 0.4) is 0 Å². The molecule has 0 saturated heterocycles. The maximum Gasteiger partial charge on any atom is 0.195 e. The van der Waals surface area contributed by atoms with Crippen molar-refractivity contribution in [2.45, 2.75) is 13.8 Å². The van der Waals surface area contributed by atoms with E-state index < -0.39 is 0 Å². The molecule has 3 heteroatoms. The zero-order valence-corrected chi connectivity index (χ0v) is 11.5. The predicted molar refractivity (Wildman–Crippen MR) is 82.1 cm³/mol. The number of hydrogen-bond donors (Lipinski definition) is 2. The summed E-state index contributed by atoms with van der Waals surface area (Å²) in [4.78, 5) is 15.7. The quantitative estimate of drug-likeness (QED) is 0.549. The van der Waals surface area contributed by atoms with E-state index in [-0.39, 0.29) is 5.78 Å². The molecule has 3 aromatic rings. The van der Waals surface area contributed by atoms with Crippen LogP contribution < -0.4 is 5.73 Å². The number of benzene rings is 2. The van der Waals surface area contributed by atoms with Crippen molar-refractivity contribution < 1.29 is 4.79 Å². The largest absolute Gasteiger partial charge is 0.398 e. The molecule has 3 N–H and O–H groups in total. The molecule has 0 unspecified atom stereocenters. The van der Waals surface area contributed by atoms with Gasteiger partial charge in [0.25, 0.3) is 0 Å². The Kier molecular flexibility index (Phi) is 2.83. The van der Waals surface area contributed by atoms with Crippen molar-refractivity contribution in [3.8, 4) is 0 Å². The number of H-pyrrole nitrogens is 1. The van der Waals surface area contributed by atoms with E-state index in [0.717, 1.165) is 22.0 Å². The third-order valence-electron chi connectivity index (χ3n) is 3.62. The van der Waals surface area contributed by atoms with Crippen LogP contribution in [0.5, 0.6) is 0 Å². The number of aryl methyl sites for hydroxylation is 2. The molecule has 100 valence electrons. The monoisotopic (exact) mass is 264 g/mol. The normalized spacial score (nSPS) is 10.9. The summed E-state index contributed by atoms with van der Waals surface area (Å²) in [5.74, 6) is -0.00759. The summed E-state index contributed by atoms with van der Waals surface area (Å²) in [6.07, 6.45) is 1.77. The molecule has 1 heterocycles. The van der Waals surface area contributed by atoms with Gasteiger partial charge in [-0.05, 0) is 37.1 Å². The Morgan fingerprint density at radius 1 is 1.10 bits per heavy atom. The number of anilines is 1. The van der Waals surface area contributed by atoms with Crippen molar-refractivity contribution in [3.63, 3.8) is 0 Å². The van der Waals surface area contributed by atoms with E-state index in [4.69, 9.17) is 5.73 Å². The summed E-state index contributed by atoms with van der Waals surface area (Å²) in [6, 6.07) is 11.5. The Morgan fingerprint density at radius 3 is 2.65 bits per heavy atom. The van der Waals surface area contributed by atoms with Crippen LogP contribution in [0.4, 0.5) is 5.69 Å². The van der Waals surface area contributed by atoms with Gasteiger partial charge in [0.1, 0.15) is 0 Å². The molecule has 20 heavy (non-hydrogen) atoms. The molecular weight excluding hydrogens is 248 g/mol. The standard InChI is InChI=1S/C17H16N2O/c1-10-3-6-13-14(9-19-16(13)7-10)17(20)12-5-4-11(2)15(18)8-12/h3-9,19H,18H2,1-2H3. The van der Waals surface area contributed by atoms with E-state index in [2.05, 4.69) is 4.98 Å². The van der Waals surface area contributed by atoms with Crippen molar-refractivity contribution >= 4 is 22.4 Å². The second-order valence-electron chi connectivity index (χ2n) is 5.15. The number of nitrogen functional groups attached to an aromatic ring is 1. The first-order valence-electron chi connectivity index (χ1n) is 6.55. The van der Waals surface area contributed by atoms with Gasteiger partial charge in [-0.25, -0.2) is 0 Å². The van der Waals surface area contributed by atoms with Crippen LogP contribution in [0.1, 0.15) is 27.0 Å². The van der Waals surface area contributed by atoms with Gasteiger partial charge in [-0.15, -0.1) is 0 Å². The molecule has 0 amide bonds. The number of fused-ring (bicyclic) bond motifs is 1. The highest BCUT2D eigenvalue weighted by molar-refractivity contribution is 6.16. The van der Waals surface area contributed by atoms with E-state index >= 15 is 0 Å². The second-order valence-corrected chi connectivity index (χ2v) is 5.15. The number of rotatable bonds is 2. The fraction of sp³-hybridized carbons (Fsp3) is 0.118. The lowest BCUT2D eigenvalue weighted by atomic mass is 10.0. The highest BCUT2D eigenvalue weighted by Gasteiger charge is 2.14.